The van der Waals surface area contributed by atoms with Crippen molar-refractivity contribution < 1.29 is 9.90 Å². The Bertz CT molecular complexity index is 405. The zero-order chi connectivity index (χ0) is 13.8. The topological polar surface area (TPSA) is 61.4 Å². The van der Waals surface area contributed by atoms with Crippen LogP contribution in [0.2, 0.25) is 0 Å². The fourth-order valence-corrected chi connectivity index (χ4v) is 2.53. The predicted octanol–water partition coefficient (Wildman–Crippen LogP) is 2.72. The van der Waals surface area contributed by atoms with Gasteiger partial charge in [-0.3, -0.25) is 0 Å². The van der Waals surface area contributed by atoms with Crippen molar-refractivity contribution in [3.63, 3.8) is 0 Å². The normalized spacial score (nSPS) is 14.3. The highest BCUT2D eigenvalue weighted by Gasteiger charge is 2.25. The number of thiophene rings is 1. The molecule has 1 rings (SSSR count). The second kappa shape index (κ2) is 6.54. The largest absolute Gasteiger partial charge is 0.388 e. The molecule has 4 nitrogen and oxygen atoms in total. The first-order valence-electron chi connectivity index (χ1n) is 5.78. The van der Waals surface area contributed by atoms with E-state index in [1.165, 1.54) is 0 Å². The summed E-state index contributed by atoms with van der Waals surface area (Å²) in [5.74, 6) is 0.0889. The number of hydrogen-bond donors (Lipinski definition) is 3. The molecule has 2 amide bonds. The summed E-state index contributed by atoms with van der Waals surface area (Å²) in [6, 6.07) is 1.70. The molecule has 0 aliphatic heterocycles. The van der Waals surface area contributed by atoms with Gasteiger partial charge in [-0.25, -0.2) is 4.79 Å². The van der Waals surface area contributed by atoms with Gasteiger partial charge < -0.3 is 15.7 Å². The van der Waals surface area contributed by atoms with Crippen molar-refractivity contribution in [2.45, 2.75) is 32.9 Å². The van der Waals surface area contributed by atoms with Crippen LogP contribution in [0.15, 0.2) is 15.9 Å². The van der Waals surface area contributed by atoms with Gasteiger partial charge in [-0.1, -0.05) is 13.8 Å². The molecule has 1 aromatic rings. The number of carbonyl (C=O) groups is 1. The van der Waals surface area contributed by atoms with Gasteiger partial charge in [0, 0.05) is 21.3 Å². The number of hydrogen-bond acceptors (Lipinski definition) is 3. The van der Waals surface area contributed by atoms with Gasteiger partial charge in [-0.2, -0.15) is 0 Å². The smallest absolute Gasteiger partial charge is 0.315 e. The molecule has 0 aliphatic carbocycles. The van der Waals surface area contributed by atoms with Gasteiger partial charge >= 0.3 is 6.03 Å². The van der Waals surface area contributed by atoms with Crippen LogP contribution in [0.25, 0.3) is 0 Å². The Morgan fingerprint density at radius 3 is 2.72 bits per heavy atom. The van der Waals surface area contributed by atoms with Gasteiger partial charge in [0.1, 0.15) is 0 Å². The summed E-state index contributed by atoms with van der Waals surface area (Å²) >= 11 is 4.94. The van der Waals surface area contributed by atoms with Crippen molar-refractivity contribution in [1.29, 1.82) is 0 Å². The lowest BCUT2D eigenvalue weighted by Gasteiger charge is -2.27. The summed E-state index contributed by atoms with van der Waals surface area (Å²) in [4.78, 5) is 12.6. The van der Waals surface area contributed by atoms with Gasteiger partial charge in [0.25, 0.3) is 0 Å². The number of halogens is 1. The summed E-state index contributed by atoms with van der Waals surface area (Å²) in [5.41, 5.74) is -0.886. The molecule has 0 saturated carbocycles. The molecule has 0 fully saturated rings. The Hall–Kier alpha value is -0.590. The lowest BCUT2D eigenvalue weighted by atomic mass is 9.93. The van der Waals surface area contributed by atoms with E-state index in [1.807, 2.05) is 25.3 Å². The molecule has 0 bridgehead atoms. The maximum absolute atomic E-state index is 11.6. The highest BCUT2D eigenvalue weighted by Crippen LogP contribution is 2.19. The van der Waals surface area contributed by atoms with Gasteiger partial charge in [-0.15, -0.1) is 11.3 Å². The third kappa shape index (κ3) is 4.96. The average Bonchev–Trinajstić information content (AvgIpc) is 2.69. The van der Waals surface area contributed by atoms with Crippen LogP contribution in [0.4, 0.5) is 4.79 Å². The number of aliphatic hydroxyl groups is 1. The molecule has 1 unspecified atom stereocenters. The SMILES string of the molecule is CC(C)C(C)(O)CNC(=O)NCc1cc(Br)cs1. The van der Waals surface area contributed by atoms with Crippen molar-refractivity contribution in [2.75, 3.05) is 6.54 Å². The van der Waals surface area contributed by atoms with Crippen LogP contribution in [0.3, 0.4) is 0 Å². The molecule has 1 atom stereocenters. The number of urea groups is 1. The molecular weight excluding hydrogens is 316 g/mol. The van der Waals surface area contributed by atoms with Gasteiger partial charge in [0.2, 0.25) is 0 Å². The van der Waals surface area contributed by atoms with Crippen LogP contribution in [0.1, 0.15) is 25.6 Å². The molecule has 0 saturated heterocycles. The van der Waals surface area contributed by atoms with E-state index in [0.717, 1.165) is 9.35 Å². The minimum Gasteiger partial charge on any atom is -0.388 e. The lowest BCUT2D eigenvalue weighted by Crippen LogP contribution is -2.47. The van der Waals surface area contributed by atoms with E-state index in [9.17, 15) is 9.90 Å². The van der Waals surface area contributed by atoms with Gasteiger partial charge in [0.05, 0.1) is 12.1 Å². The summed E-state index contributed by atoms with van der Waals surface area (Å²) in [6.45, 7) is 6.29. The standard InChI is InChI=1S/C12H19BrN2O2S/c1-8(2)12(3,17)7-15-11(16)14-5-10-4-9(13)6-18-10/h4,6,8,17H,5,7H2,1-3H3,(H2,14,15,16). The maximum atomic E-state index is 11.6. The molecule has 0 spiro atoms. The maximum Gasteiger partial charge on any atom is 0.315 e. The van der Waals surface area contributed by atoms with Gasteiger partial charge in [0.15, 0.2) is 0 Å². The molecule has 1 heterocycles. The minimum absolute atomic E-state index is 0.0889. The average molecular weight is 335 g/mol. The number of nitrogens with one attached hydrogen (secondary N) is 2. The fourth-order valence-electron chi connectivity index (χ4n) is 1.14. The van der Waals surface area contributed by atoms with Crippen molar-refractivity contribution in [2.24, 2.45) is 5.92 Å². The quantitative estimate of drug-likeness (QED) is 0.775. The zero-order valence-electron chi connectivity index (χ0n) is 10.8. The summed E-state index contributed by atoms with van der Waals surface area (Å²) in [6.07, 6.45) is 0. The Morgan fingerprint density at radius 1 is 1.56 bits per heavy atom. The first-order valence-corrected chi connectivity index (χ1v) is 7.45. The lowest BCUT2D eigenvalue weighted by molar-refractivity contribution is 0.0166. The summed E-state index contributed by atoms with van der Waals surface area (Å²) in [7, 11) is 0. The first-order chi connectivity index (χ1) is 8.31. The van der Waals surface area contributed by atoms with E-state index in [-0.39, 0.29) is 18.5 Å². The summed E-state index contributed by atoms with van der Waals surface area (Å²) in [5, 5.41) is 17.4. The Balaban J connectivity index is 2.30. The Kier molecular flexibility index (Phi) is 5.62. The van der Waals surface area contributed by atoms with Crippen LogP contribution in [0.5, 0.6) is 0 Å². The van der Waals surface area contributed by atoms with E-state index in [2.05, 4.69) is 26.6 Å². The van der Waals surface area contributed by atoms with E-state index in [1.54, 1.807) is 18.3 Å². The minimum atomic E-state index is -0.886. The first kappa shape index (κ1) is 15.5. The van der Waals surface area contributed by atoms with Crippen LogP contribution >= 0.6 is 27.3 Å². The number of carbonyl (C=O) groups excluding carboxylic acids is 1. The predicted molar refractivity (Wildman–Crippen MR) is 77.7 cm³/mol. The Morgan fingerprint density at radius 2 is 2.22 bits per heavy atom. The molecule has 18 heavy (non-hydrogen) atoms. The monoisotopic (exact) mass is 334 g/mol. The molecule has 0 radical (unpaired) electrons. The van der Waals surface area contributed by atoms with Crippen molar-refractivity contribution >= 4 is 33.3 Å². The van der Waals surface area contributed by atoms with Gasteiger partial charge in [-0.05, 0) is 34.8 Å². The third-order valence-corrected chi connectivity index (χ3v) is 4.59. The van der Waals surface area contributed by atoms with E-state index < -0.39 is 5.60 Å². The van der Waals surface area contributed by atoms with Crippen molar-refractivity contribution in [1.82, 2.24) is 10.6 Å². The van der Waals surface area contributed by atoms with Crippen LogP contribution < -0.4 is 10.6 Å². The van der Waals surface area contributed by atoms with Crippen LogP contribution in [-0.2, 0) is 6.54 Å². The molecular formula is C12H19BrN2O2S. The second-order valence-electron chi connectivity index (χ2n) is 4.78. The molecule has 102 valence electrons. The van der Waals surface area contributed by atoms with E-state index in [0.29, 0.717) is 6.54 Å². The second-order valence-corrected chi connectivity index (χ2v) is 6.69. The molecule has 6 heteroatoms. The number of amides is 2. The third-order valence-electron chi connectivity index (χ3n) is 2.90. The van der Waals surface area contributed by atoms with Crippen molar-refractivity contribution in [3.05, 3.63) is 20.8 Å². The van der Waals surface area contributed by atoms with Crippen LogP contribution in [-0.4, -0.2) is 23.3 Å². The number of rotatable bonds is 5. The highest BCUT2D eigenvalue weighted by atomic mass is 79.9. The van der Waals surface area contributed by atoms with E-state index in [4.69, 9.17) is 0 Å². The van der Waals surface area contributed by atoms with Crippen molar-refractivity contribution in [3.8, 4) is 0 Å². The molecule has 0 aromatic carbocycles. The van der Waals surface area contributed by atoms with Crippen LogP contribution in [0, 0.1) is 5.92 Å². The highest BCUT2D eigenvalue weighted by molar-refractivity contribution is 9.10. The molecule has 0 aliphatic rings. The summed E-state index contributed by atoms with van der Waals surface area (Å²) < 4.78 is 1.02. The molecule has 3 N–H and O–H groups in total. The Labute approximate surface area is 120 Å². The zero-order valence-corrected chi connectivity index (χ0v) is 13.2. The van der Waals surface area contributed by atoms with E-state index >= 15 is 0 Å². The molecule has 1 aromatic heterocycles. The fraction of sp³-hybridized carbons (Fsp3) is 0.583.